The van der Waals surface area contributed by atoms with Gasteiger partial charge in [0.15, 0.2) is 8.68 Å². The Morgan fingerprint density at radius 3 is 2.62 bits per heavy atom. The molecule has 0 saturated heterocycles. The third kappa shape index (κ3) is 5.01. The standard InChI is InChI=1S/C14H17N3OS3/c1-3-10-7-5-6-8-11(10)15-12(18)9-20-14-17-16-13(21-14)19-4-2/h5-8H,3-4,9H2,1-2H3,(H,15,18). The highest BCUT2D eigenvalue weighted by Gasteiger charge is 2.09. The van der Waals surface area contributed by atoms with Crippen LogP contribution in [0.2, 0.25) is 0 Å². The summed E-state index contributed by atoms with van der Waals surface area (Å²) in [4.78, 5) is 12.0. The van der Waals surface area contributed by atoms with Crippen LogP contribution in [0.5, 0.6) is 0 Å². The minimum absolute atomic E-state index is 0.0132. The molecular weight excluding hydrogens is 322 g/mol. The van der Waals surface area contributed by atoms with Crippen molar-refractivity contribution >= 4 is 46.5 Å². The second kappa shape index (κ2) is 8.41. The molecule has 1 aromatic carbocycles. The Hall–Kier alpha value is -1.05. The molecule has 1 N–H and O–H groups in total. The monoisotopic (exact) mass is 339 g/mol. The van der Waals surface area contributed by atoms with Crippen molar-refractivity contribution in [3.8, 4) is 0 Å². The number of nitrogens with one attached hydrogen (secondary N) is 1. The summed E-state index contributed by atoms with van der Waals surface area (Å²) in [5.41, 5.74) is 2.04. The average molecular weight is 340 g/mol. The van der Waals surface area contributed by atoms with E-state index in [4.69, 9.17) is 0 Å². The molecule has 0 aliphatic rings. The fraction of sp³-hybridized carbons (Fsp3) is 0.357. The number of rotatable bonds is 7. The van der Waals surface area contributed by atoms with Gasteiger partial charge in [-0.2, -0.15) is 0 Å². The van der Waals surface area contributed by atoms with Crippen LogP contribution in [0.1, 0.15) is 19.4 Å². The molecule has 7 heteroatoms. The minimum Gasteiger partial charge on any atom is -0.325 e. The SMILES string of the molecule is CCSc1nnc(SCC(=O)Nc2ccccc2CC)s1. The fourth-order valence-corrected chi connectivity index (χ4v) is 4.42. The number of nitrogens with zero attached hydrogens (tertiary/aromatic N) is 2. The van der Waals surface area contributed by atoms with Gasteiger partial charge in [0.05, 0.1) is 5.75 Å². The summed E-state index contributed by atoms with van der Waals surface area (Å²) in [5, 5.41) is 11.1. The number of aryl methyl sites for hydroxylation is 1. The van der Waals surface area contributed by atoms with Crippen LogP contribution in [-0.2, 0) is 11.2 Å². The molecule has 2 aromatic rings. The van der Waals surface area contributed by atoms with Crippen LogP contribution >= 0.6 is 34.9 Å². The predicted molar refractivity (Wildman–Crippen MR) is 91.5 cm³/mol. The average Bonchev–Trinajstić information content (AvgIpc) is 2.94. The lowest BCUT2D eigenvalue weighted by atomic mass is 10.1. The number of hydrogen-bond acceptors (Lipinski definition) is 6. The van der Waals surface area contributed by atoms with Crippen LogP contribution in [0.4, 0.5) is 5.69 Å². The Labute approximate surface area is 137 Å². The van der Waals surface area contributed by atoms with Crippen molar-refractivity contribution < 1.29 is 4.79 Å². The Balaban J connectivity index is 1.86. The molecular formula is C14H17N3OS3. The van der Waals surface area contributed by atoms with Gasteiger partial charge >= 0.3 is 0 Å². The van der Waals surface area contributed by atoms with Crippen molar-refractivity contribution in [1.29, 1.82) is 0 Å². The lowest BCUT2D eigenvalue weighted by molar-refractivity contribution is -0.113. The molecule has 2 rings (SSSR count). The number of anilines is 1. The Kier molecular flexibility index (Phi) is 6.53. The first-order chi connectivity index (χ1) is 10.2. The van der Waals surface area contributed by atoms with Crippen LogP contribution in [0, 0.1) is 0 Å². The number of benzene rings is 1. The van der Waals surface area contributed by atoms with E-state index in [1.165, 1.54) is 23.1 Å². The quantitative estimate of drug-likeness (QED) is 0.774. The largest absolute Gasteiger partial charge is 0.325 e. The Morgan fingerprint density at radius 1 is 1.19 bits per heavy atom. The molecule has 0 aliphatic carbocycles. The van der Waals surface area contributed by atoms with E-state index in [2.05, 4.69) is 29.4 Å². The molecule has 0 fully saturated rings. The first-order valence-corrected chi connectivity index (χ1v) is 9.48. The number of amides is 1. The van der Waals surface area contributed by atoms with Crippen LogP contribution in [0.25, 0.3) is 0 Å². The second-order valence-electron chi connectivity index (χ2n) is 4.11. The van der Waals surface area contributed by atoms with Crippen molar-refractivity contribution in [1.82, 2.24) is 10.2 Å². The molecule has 4 nitrogen and oxygen atoms in total. The van der Waals surface area contributed by atoms with Gasteiger partial charge in [0.1, 0.15) is 0 Å². The maximum absolute atomic E-state index is 12.0. The second-order valence-corrected chi connectivity index (χ2v) is 7.83. The van der Waals surface area contributed by atoms with E-state index in [1.54, 1.807) is 11.8 Å². The van der Waals surface area contributed by atoms with E-state index in [1.807, 2.05) is 24.3 Å². The zero-order valence-corrected chi connectivity index (χ0v) is 14.4. The van der Waals surface area contributed by atoms with Crippen molar-refractivity contribution in [2.45, 2.75) is 28.9 Å². The predicted octanol–water partition coefficient (Wildman–Crippen LogP) is 3.94. The zero-order valence-electron chi connectivity index (χ0n) is 12.0. The molecule has 112 valence electrons. The molecule has 1 heterocycles. The van der Waals surface area contributed by atoms with Crippen LogP contribution < -0.4 is 5.32 Å². The molecule has 0 atom stereocenters. The zero-order chi connectivity index (χ0) is 15.1. The Morgan fingerprint density at radius 2 is 1.90 bits per heavy atom. The van der Waals surface area contributed by atoms with Crippen molar-refractivity contribution in [2.75, 3.05) is 16.8 Å². The summed E-state index contributed by atoms with van der Waals surface area (Å²) in [6.45, 7) is 4.16. The van der Waals surface area contributed by atoms with Gasteiger partial charge in [0, 0.05) is 5.69 Å². The summed E-state index contributed by atoms with van der Waals surface area (Å²) >= 11 is 4.63. The number of para-hydroxylation sites is 1. The number of aromatic nitrogens is 2. The molecule has 0 saturated carbocycles. The highest BCUT2D eigenvalue weighted by atomic mass is 32.2. The van der Waals surface area contributed by atoms with Gasteiger partial charge in [0.25, 0.3) is 0 Å². The highest BCUT2D eigenvalue weighted by Crippen LogP contribution is 2.28. The van der Waals surface area contributed by atoms with Gasteiger partial charge in [-0.25, -0.2) is 0 Å². The van der Waals surface area contributed by atoms with Gasteiger partial charge in [-0.3, -0.25) is 4.79 Å². The lowest BCUT2D eigenvalue weighted by Gasteiger charge is -2.08. The number of thioether (sulfide) groups is 2. The number of carbonyl (C=O) groups is 1. The molecule has 0 aliphatic heterocycles. The van der Waals surface area contributed by atoms with Crippen molar-refractivity contribution in [2.24, 2.45) is 0 Å². The van der Waals surface area contributed by atoms with Crippen molar-refractivity contribution in [3.63, 3.8) is 0 Å². The first kappa shape index (κ1) is 16.3. The lowest BCUT2D eigenvalue weighted by Crippen LogP contribution is -2.15. The number of hydrogen-bond donors (Lipinski definition) is 1. The normalized spacial score (nSPS) is 10.6. The Bertz CT molecular complexity index is 601. The van der Waals surface area contributed by atoms with E-state index in [-0.39, 0.29) is 5.91 Å². The van der Waals surface area contributed by atoms with E-state index < -0.39 is 0 Å². The van der Waals surface area contributed by atoms with E-state index in [9.17, 15) is 4.79 Å². The topological polar surface area (TPSA) is 54.9 Å². The van der Waals surface area contributed by atoms with E-state index >= 15 is 0 Å². The van der Waals surface area contributed by atoms with Crippen LogP contribution in [0.3, 0.4) is 0 Å². The van der Waals surface area contributed by atoms with Gasteiger partial charge in [0.2, 0.25) is 5.91 Å². The third-order valence-corrected chi connectivity index (χ3v) is 5.73. The van der Waals surface area contributed by atoms with Gasteiger partial charge in [-0.15, -0.1) is 10.2 Å². The van der Waals surface area contributed by atoms with E-state index in [0.29, 0.717) is 5.75 Å². The summed E-state index contributed by atoms with van der Waals surface area (Å²) in [5.74, 6) is 1.32. The van der Waals surface area contributed by atoms with Crippen molar-refractivity contribution in [3.05, 3.63) is 29.8 Å². The van der Waals surface area contributed by atoms with Crippen LogP contribution in [0.15, 0.2) is 32.9 Å². The summed E-state index contributed by atoms with van der Waals surface area (Å²) in [6.07, 6.45) is 0.900. The first-order valence-electron chi connectivity index (χ1n) is 6.69. The smallest absolute Gasteiger partial charge is 0.234 e. The molecule has 0 radical (unpaired) electrons. The maximum Gasteiger partial charge on any atom is 0.234 e. The van der Waals surface area contributed by atoms with E-state index in [0.717, 1.165) is 32.1 Å². The van der Waals surface area contributed by atoms with Crippen LogP contribution in [-0.4, -0.2) is 27.6 Å². The molecule has 0 spiro atoms. The molecule has 1 aromatic heterocycles. The van der Waals surface area contributed by atoms with Gasteiger partial charge in [-0.05, 0) is 23.8 Å². The molecule has 0 unspecified atom stereocenters. The minimum atomic E-state index is -0.0132. The molecule has 1 amide bonds. The highest BCUT2D eigenvalue weighted by molar-refractivity contribution is 8.03. The molecule has 21 heavy (non-hydrogen) atoms. The fourth-order valence-electron chi connectivity index (χ4n) is 1.70. The summed E-state index contributed by atoms with van der Waals surface area (Å²) in [7, 11) is 0. The summed E-state index contributed by atoms with van der Waals surface area (Å²) in [6, 6.07) is 7.88. The third-order valence-electron chi connectivity index (χ3n) is 2.65. The maximum atomic E-state index is 12.0. The summed E-state index contributed by atoms with van der Waals surface area (Å²) < 4.78 is 1.79. The van der Waals surface area contributed by atoms with Gasteiger partial charge < -0.3 is 5.32 Å². The van der Waals surface area contributed by atoms with Gasteiger partial charge in [-0.1, -0.05) is 66.9 Å². The number of carbonyl (C=O) groups excluding carboxylic acids is 1. The molecule has 0 bridgehead atoms.